The van der Waals surface area contributed by atoms with Crippen LogP contribution in [0.15, 0.2) is 42.6 Å². The first kappa shape index (κ1) is 17.0. The Kier molecular flexibility index (Phi) is 5.04. The van der Waals surface area contributed by atoms with Crippen molar-refractivity contribution < 1.29 is 9.59 Å². The van der Waals surface area contributed by atoms with E-state index >= 15 is 0 Å². The summed E-state index contributed by atoms with van der Waals surface area (Å²) in [6, 6.07) is 11.5. The summed E-state index contributed by atoms with van der Waals surface area (Å²) in [4.78, 5) is 26.7. The normalized spacial score (nSPS) is 12.7. The van der Waals surface area contributed by atoms with Crippen molar-refractivity contribution in [2.24, 2.45) is 5.41 Å². The van der Waals surface area contributed by atoms with Crippen LogP contribution in [-0.2, 0) is 0 Å². The van der Waals surface area contributed by atoms with E-state index < -0.39 is 0 Å². The van der Waals surface area contributed by atoms with Crippen molar-refractivity contribution in [1.29, 1.82) is 0 Å². The molecule has 0 unspecified atom stereocenters. The van der Waals surface area contributed by atoms with Gasteiger partial charge in [0.1, 0.15) is 5.69 Å². The van der Waals surface area contributed by atoms with Crippen LogP contribution in [0.5, 0.6) is 0 Å². The van der Waals surface area contributed by atoms with Crippen molar-refractivity contribution >= 4 is 11.7 Å². The highest BCUT2D eigenvalue weighted by molar-refractivity contribution is 5.99. The standard InChI is InChI=1S/C19H24N2O2/c1-13(22)15-10-16(20-12-15)18(23)21-17(11-19(2,3)4)14-8-6-5-7-9-14/h5-10,12,17,20H,11H2,1-4H3,(H,21,23)/t17-/m1/s1. The number of aromatic amines is 1. The lowest BCUT2D eigenvalue weighted by Gasteiger charge is -2.27. The Balaban J connectivity index is 2.19. The lowest BCUT2D eigenvalue weighted by molar-refractivity contribution is 0.0921. The molecule has 1 aromatic carbocycles. The predicted molar refractivity (Wildman–Crippen MR) is 91.5 cm³/mol. The van der Waals surface area contributed by atoms with Crippen molar-refractivity contribution in [3.8, 4) is 0 Å². The maximum Gasteiger partial charge on any atom is 0.268 e. The van der Waals surface area contributed by atoms with E-state index in [0.29, 0.717) is 11.3 Å². The van der Waals surface area contributed by atoms with Gasteiger partial charge in [0.15, 0.2) is 5.78 Å². The second-order valence-electron chi connectivity index (χ2n) is 7.06. The van der Waals surface area contributed by atoms with Crippen LogP contribution in [0.3, 0.4) is 0 Å². The van der Waals surface area contributed by atoms with Gasteiger partial charge in [-0.15, -0.1) is 0 Å². The zero-order chi connectivity index (χ0) is 17.0. The van der Waals surface area contributed by atoms with E-state index in [1.165, 1.54) is 6.92 Å². The Bertz CT molecular complexity index is 681. The molecule has 2 aromatic rings. The zero-order valence-corrected chi connectivity index (χ0v) is 14.1. The fourth-order valence-electron chi connectivity index (χ4n) is 2.51. The van der Waals surface area contributed by atoms with Gasteiger partial charge in [-0.1, -0.05) is 51.1 Å². The monoisotopic (exact) mass is 312 g/mol. The van der Waals surface area contributed by atoms with Gasteiger partial charge in [-0.25, -0.2) is 0 Å². The molecule has 0 aliphatic heterocycles. The maximum absolute atomic E-state index is 12.5. The number of aromatic nitrogens is 1. The first-order chi connectivity index (χ1) is 10.8. The van der Waals surface area contributed by atoms with Crippen LogP contribution in [0.25, 0.3) is 0 Å². The Labute approximate surface area is 137 Å². The number of benzene rings is 1. The molecule has 23 heavy (non-hydrogen) atoms. The minimum absolute atomic E-state index is 0.0606. The Morgan fingerprint density at radius 2 is 1.83 bits per heavy atom. The SMILES string of the molecule is CC(=O)c1c[nH]c(C(=O)N[C@H](CC(C)(C)C)c2ccccc2)c1. The Morgan fingerprint density at radius 3 is 2.35 bits per heavy atom. The van der Waals surface area contributed by atoms with Crippen LogP contribution in [0, 0.1) is 5.41 Å². The van der Waals surface area contributed by atoms with Crippen molar-refractivity contribution in [2.75, 3.05) is 0 Å². The molecule has 0 aliphatic carbocycles. The van der Waals surface area contributed by atoms with Gasteiger partial charge in [-0.3, -0.25) is 9.59 Å². The summed E-state index contributed by atoms with van der Waals surface area (Å²) in [5.74, 6) is -0.259. The first-order valence-corrected chi connectivity index (χ1v) is 7.81. The number of hydrogen-bond acceptors (Lipinski definition) is 2. The number of carbonyl (C=O) groups excluding carboxylic acids is 2. The second-order valence-corrected chi connectivity index (χ2v) is 7.06. The molecule has 122 valence electrons. The number of H-pyrrole nitrogens is 1. The third-order valence-corrected chi connectivity index (χ3v) is 3.66. The van der Waals surface area contributed by atoms with Gasteiger partial charge in [-0.2, -0.15) is 0 Å². The summed E-state index contributed by atoms with van der Waals surface area (Å²) in [5, 5.41) is 3.08. The van der Waals surface area contributed by atoms with Crippen molar-refractivity contribution in [1.82, 2.24) is 10.3 Å². The van der Waals surface area contributed by atoms with Gasteiger partial charge in [0, 0.05) is 11.8 Å². The van der Waals surface area contributed by atoms with E-state index in [0.717, 1.165) is 12.0 Å². The quantitative estimate of drug-likeness (QED) is 0.816. The summed E-state index contributed by atoms with van der Waals surface area (Å²) >= 11 is 0. The summed E-state index contributed by atoms with van der Waals surface area (Å²) in [5.41, 5.74) is 2.08. The van der Waals surface area contributed by atoms with Gasteiger partial charge >= 0.3 is 0 Å². The number of hydrogen-bond donors (Lipinski definition) is 2. The molecule has 0 saturated carbocycles. The van der Waals surface area contributed by atoms with E-state index in [4.69, 9.17) is 0 Å². The number of amides is 1. The van der Waals surface area contributed by atoms with Gasteiger partial charge in [0.25, 0.3) is 5.91 Å². The molecule has 0 spiro atoms. The van der Waals surface area contributed by atoms with Crippen LogP contribution in [0.4, 0.5) is 0 Å². The number of ketones is 1. The molecular formula is C19H24N2O2. The summed E-state index contributed by atoms with van der Waals surface area (Å²) in [6.45, 7) is 7.93. The fourth-order valence-corrected chi connectivity index (χ4v) is 2.51. The van der Waals surface area contributed by atoms with E-state index in [1.54, 1.807) is 12.3 Å². The lowest BCUT2D eigenvalue weighted by atomic mass is 9.85. The van der Waals surface area contributed by atoms with Crippen molar-refractivity contribution in [2.45, 2.75) is 40.2 Å². The zero-order valence-electron chi connectivity index (χ0n) is 14.1. The third-order valence-electron chi connectivity index (χ3n) is 3.66. The molecule has 4 heteroatoms. The number of Topliss-reactive ketones (excluding diaryl/α,β-unsaturated/α-hetero) is 1. The number of rotatable bonds is 5. The number of nitrogens with one attached hydrogen (secondary N) is 2. The lowest BCUT2D eigenvalue weighted by Crippen LogP contribution is -2.31. The molecule has 0 aliphatic rings. The molecule has 1 amide bonds. The molecule has 1 heterocycles. The first-order valence-electron chi connectivity index (χ1n) is 7.81. The largest absolute Gasteiger partial charge is 0.356 e. The molecule has 0 fully saturated rings. The molecule has 0 bridgehead atoms. The minimum Gasteiger partial charge on any atom is -0.356 e. The smallest absolute Gasteiger partial charge is 0.268 e. The van der Waals surface area contributed by atoms with Gasteiger partial charge < -0.3 is 10.3 Å². The van der Waals surface area contributed by atoms with E-state index in [1.807, 2.05) is 30.3 Å². The highest BCUT2D eigenvalue weighted by atomic mass is 16.2. The van der Waals surface area contributed by atoms with Crippen molar-refractivity contribution in [3.63, 3.8) is 0 Å². The minimum atomic E-state index is -0.199. The summed E-state index contributed by atoms with van der Waals surface area (Å²) < 4.78 is 0. The van der Waals surface area contributed by atoms with E-state index in [2.05, 4.69) is 31.1 Å². The average molecular weight is 312 g/mol. The van der Waals surface area contributed by atoms with Crippen LogP contribution in [0.1, 0.15) is 66.6 Å². The van der Waals surface area contributed by atoms with Crippen LogP contribution in [0.2, 0.25) is 0 Å². The summed E-state index contributed by atoms with van der Waals surface area (Å²) in [6.07, 6.45) is 2.39. The second kappa shape index (κ2) is 6.82. The van der Waals surface area contributed by atoms with E-state index in [9.17, 15) is 9.59 Å². The molecule has 0 saturated heterocycles. The molecule has 4 nitrogen and oxygen atoms in total. The highest BCUT2D eigenvalue weighted by Gasteiger charge is 2.23. The maximum atomic E-state index is 12.5. The highest BCUT2D eigenvalue weighted by Crippen LogP contribution is 2.29. The Hall–Kier alpha value is -2.36. The van der Waals surface area contributed by atoms with Gasteiger partial charge in [0.2, 0.25) is 0 Å². The van der Waals surface area contributed by atoms with Gasteiger partial charge in [-0.05, 0) is 30.4 Å². The fraction of sp³-hybridized carbons (Fsp3) is 0.368. The molecule has 2 rings (SSSR count). The van der Waals surface area contributed by atoms with Crippen molar-refractivity contribution in [3.05, 3.63) is 59.4 Å². The molecule has 1 atom stereocenters. The Morgan fingerprint density at radius 1 is 1.17 bits per heavy atom. The average Bonchev–Trinajstić information content (AvgIpc) is 2.96. The molecule has 0 radical (unpaired) electrons. The van der Waals surface area contributed by atoms with E-state index in [-0.39, 0.29) is 23.1 Å². The van der Waals surface area contributed by atoms with Gasteiger partial charge in [0.05, 0.1) is 6.04 Å². The molecule has 1 aromatic heterocycles. The predicted octanol–water partition coefficient (Wildman–Crippen LogP) is 4.12. The van der Waals surface area contributed by atoms with Crippen LogP contribution < -0.4 is 5.32 Å². The number of carbonyl (C=O) groups is 2. The topological polar surface area (TPSA) is 62.0 Å². The van der Waals surface area contributed by atoms with Crippen LogP contribution >= 0.6 is 0 Å². The third kappa shape index (κ3) is 4.81. The molecular weight excluding hydrogens is 288 g/mol. The van der Waals surface area contributed by atoms with Crippen LogP contribution in [-0.4, -0.2) is 16.7 Å². The summed E-state index contributed by atoms with van der Waals surface area (Å²) in [7, 11) is 0. The molecule has 2 N–H and O–H groups in total.